The highest BCUT2D eigenvalue weighted by Gasteiger charge is 2.65. The molecule has 1 spiro atoms. The third kappa shape index (κ3) is 1.74. The van der Waals surface area contributed by atoms with Crippen LogP contribution in [0.2, 0.25) is 0 Å². The number of aliphatic hydroxyl groups is 2. The first-order chi connectivity index (χ1) is 10.3. The van der Waals surface area contributed by atoms with Crippen LogP contribution < -0.4 is 0 Å². The quantitative estimate of drug-likeness (QED) is 0.721. The van der Waals surface area contributed by atoms with Gasteiger partial charge >= 0.3 is 0 Å². The van der Waals surface area contributed by atoms with Crippen LogP contribution in [0.4, 0.5) is 0 Å². The molecule has 2 heteroatoms. The summed E-state index contributed by atoms with van der Waals surface area (Å²) in [6.45, 7) is 7.19. The van der Waals surface area contributed by atoms with Crippen molar-refractivity contribution in [1.29, 1.82) is 0 Å². The number of rotatable bonds is 1. The second-order valence-electron chi connectivity index (χ2n) is 9.83. The Bertz CT molecular complexity index is 510. The molecule has 0 amide bonds. The Kier molecular flexibility index (Phi) is 3.03. The van der Waals surface area contributed by atoms with Crippen LogP contribution in [0, 0.1) is 34.0 Å². The smallest absolute Gasteiger partial charge is 0.0687 e. The van der Waals surface area contributed by atoms with E-state index in [1.54, 1.807) is 0 Å². The van der Waals surface area contributed by atoms with E-state index in [0.717, 1.165) is 6.42 Å². The van der Waals surface area contributed by atoms with Crippen LogP contribution in [0.15, 0.2) is 12.2 Å². The molecule has 7 atom stereocenters. The van der Waals surface area contributed by atoms with E-state index >= 15 is 0 Å². The Morgan fingerprint density at radius 1 is 1.09 bits per heavy atom. The molecule has 0 radical (unpaired) electrons. The van der Waals surface area contributed by atoms with E-state index < -0.39 is 5.60 Å². The largest absolute Gasteiger partial charge is 0.396 e. The maximum atomic E-state index is 10.8. The predicted molar refractivity (Wildman–Crippen MR) is 88.3 cm³/mol. The van der Waals surface area contributed by atoms with Gasteiger partial charge in [-0.05, 0) is 73.5 Å². The molecule has 4 aliphatic rings. The summed E-state index contributed by atoms with van der Waals surface area (Å²) < 4.78 is 0. The van der Waals surface area contributed by atoms with E-state index in [0.29, 0.717) is 35.2 Å². The molecule has 4 rings (SSSR count). The summed E-state index contributed by atoms with van der Waals surface area (Å²) in [4.78, 5) is 0. The lowest BCUT2D eigenvalue weighted by atomic mass is 9.42. The van der Waals surface area contributed by atoms with E-state index in [4.69, 9.17) is 0 Å². The third-order valence-electron chi connectivity index (χ3n) is 8.43. The lowest BCUT2D eigenvalue weighted by molar-refractivity contribution is -0.138. The highest BCUT2D eigenvalue weighted by Crippen LogP contribution is 2.71. The Morgan fingerprint density at radius 2 is 1.86 bits per heavy atom. The summed E-state index contributed by atoms with van der Waals surface area (Å²) in [6, 6.07) is 0. The molecule has 0 heterocycles. The van der Waals surface area contributed by atoms with Crippen molar-refractivity contribution in [3.63, 3.8) is 0 Å². The van der Waals surface area contributed by atoms with Crippen molar-refractivity contribution in [1.82, 2.24) is 0 Å². The molecule has 0 aromatic carbocycles. The van der Waals surface area contributed by atoms with E-state index in [2.05, 4.69) is 26.0 Å². The summed E-state index contributed by atoms with van der Waals surface area (Å²) in [5.74, 6) is 1.58. The molecule has 3 fully saturated rings. The molecule has 0 unspecified atom stereocenters. The van der Waals surface area contributed by atoms with Crippen LogP contribution in [0.1, 0.15) is 65.7 Å². The number of hydrogen-bond acceptors (Lipinski definition) is 2. The van der Waals surface area contributed by atoms with Gasteiger partial charge < -0.3 is 10.2 Å². The van der Waals surface area contributed by atoms with Gasteiger partial charge in [-0.15, -0.1) is 0 Å². The maximum absolute atomic E-state index is 10.8. The zero-order valence-electron chi connectivity index (χ0n) is 14.4. The Balaban J connectivity index is 1.76. The molecule has 2 N–H and O–H groups in total. The van der Waals surface area contributed by atoms with Crippen LogP contribution in [0.5, 0.6) is 0 Å². The van der Waals surface area contributed by atoms with E-state index in [1.807, 2.05) is 6.92 Å². The zero-order valence-corrected chi connectivity index (χ0v) is 14.4. The molecule has 2 nitrogen and oxygen atoms in total. The van der Waals surface area contributed by atoms with Crippen LogP contribution in [0.25, 0.3) is 0 Å². The van der Waals surface area contributed by atoms with Crippen molar-refractivity contribution < 1.29 is 10.2 Å². The lowest BCUT2D eigenvalue weighted by Gasteiger charge is -2.63. The van der Waals surface area contributed by atoms with Crippen molar-refractivity contribution in [2.45, 2.75) is 71.3 Å². The first-order valence-electron chi connectivity index (χ1n) is 9.27. The Hall–Kier alpha value is -0.340. The first kappa shape index (κ1) is 15.2. The first-order valence-corrected chi connectivity index (χ1v) is 9.27. The molecule has 0 saturated heterocycles. The van der Waals surface area contributed by atoms with Gasteiger partial charge in [-0.25, -0.2) is 0 Å². The fourth-order valence-corrected chi connectivity index (χ4v) is 7.49. The van der Waals surface area contributed by atoms with Gasteiger partial charge in [0.05, 0.1) is 5.60 Å². The van der Waals surface area contributed by atoms with Gasteiger partial charge in [0.25, 0.3) is 0 Å². The van der Waals surface area contributed by atoms with Crippen LogP contribution in [-0.2, 0) is 0 Å². The lowest BCUT2D eigenvalue weighted by Crippen LogP contribution is -2.56. The van der Waals surface area contributed by atoms with Crippen molar-refractivity contribution in [2.24, 2.45) is 34.0 Å². The van der Waals surface area contributed by atoms with E-state index in [1.165, 1.54) is 38.5 Å². The second kappa shape index (κ2) is 4.39. The second-order valence-corrected chi connectivity index (χ2v) is 9.83. The minimum absolute atomic E-state index is 0.0976. The Labute approximate surface area is 135 Å². The highest BCUT2D eigenvalue weighted by molar-refractivity contribution is 5.24. The van der Waals surface area contributed by atoms with E-state index in [9.17, 15) is 10.2 Å². The van der Waals surface area contributed by atoms with Gasteiger partial charge in [0.2, 0.25) is 0 Å². The minimum atomic E-state index is -0.511. The summed E-state index contributed by atoms with van der Waals surface area (Å²) in [6.07, 6.45) is 13.1. The molecule has 3 saturated carbocycles. The Morgan fingerprint density at radius 3 is 2.59 bits per heavy atom. The zero-order chi connectivity index (χ0) is 15.8. The summed E-state index contributed by atoms with van der Waals surface area (Å²) in [7, 11) is 0. The van der Waals surface area contributed by atoms with Crippen LogP contribution in [0.3, 0.4) is 0 Å². The molecule has 124 valence electrons. The fourth-order valence-electron chi connectivity index (χ4n) is 7.49. The molecular formula is C20H32O2. The topological polar surface area (TPSA) is 40.5 Å². The average Bonchev–Trinajstić information content (AvgIpc) is 2.63. The summed E-state index contributed by atoms with van der Waals surface area (Å²) >= 11 is 0. The number of allylic oxidation sites excluding steroid dienone is 1. The van der Waals surface area contributed by atoms with Crippen molar-refractivity contribution in [3.8, 4) is 0 Å². The average molecular weight is 304 g/mol. The third-order valence-corrected chi connectivity index (χ3v) is 8.43. The SMILES string of the molecule is C[C@]1(CO)CCC[C@]2(C)[C@@H]1CC[C@@]13C[C@@H](C=C[C@H]12)[C@](C)(O)C3. The molecule has 22 heavy (non-hydrogen) atoms. The molecule has 0 aromatic heterocycles. The van der Waals surface area contributed by atoms with Gasteiger partial charge in [0, 0.05) is 12.5 Å². The molecule has 4 aliphatic carbocycles. The van der Waals surface area contributed by atoms with Gasteiger partial charge in [-0.3, -0.25) is 0 Å². The number of fused-ring (bicyclic) bond motifs is 3. The maximum Gasteiger partial charge on any atom is 0.0687 e. The van der Waals surface area contributed by atoms with Crippen molar-refractivity contribution in [3.05, 3.63) is 12.2 Å². The molecule has 0 aliphatic heterocycles. The monoisotopic (exact) mass is 304 g/mol. The number of hydrogen-bond donors (Lipinski definition) is 2. The van der Waals surface area contributed by atoms with Gasteiger partial charge in [-0.1, -0.05) is 32.4 Å². The van der Waals surface area contributed by atoms with E-state index in [-0.39, 0.29) is 5.41 Å². The van der Waals surface area contributed by atoms with Crippen LogP contribution in [-0.4, -0.2) is 22.4 Å². The van der Waals surface area contributed by atoms with Gasteiger partial charge in [0.1, 0.15) is 0 Å². The molecular weight excluding hydrogens is 272 g/mol. The fraction of sp³-hybridized carbons (Fsp3) is 0.900. The van der Waals surface area contributed by atoms with Crippen molar-refractivity contribution in [2.75, 3.05) is 6.61 Å². The minimum Gasteiger partial charge on any atom is -0.396 e. The van der Waals surface area contributed by atoms with Crippen LogP contribution >= 0.6 is 0 Å². The predicted octanol–water partition coefficient (Wildman–Crippen LogP) is 3.92. The standard InChI is InChI=1S/C20H32O2/c1-17(13-21)8-4-9-18(2)15(17)7-10-20-11-14(5-6-16(18)20)19(3,22)12-20/h5-6,14-16,21-22H,4,7-13H2,1-3H3/t14-,15-,16+,17-,18-,19-,20+/m1/s1. The molecule has 0 aromatic rings. The van der Waals surface area contributed by atoms with Crippen molar-refractivity contribution >= 4 is 0 Å². The molecule has 2 bridgehead atoms. The number of aliphatic hydroxyl groups excluding tert-OH is 1. The van der Waals surface area contributed by atoms with Gasteiger partial charge in [0.15, 0.2) is 0 Å². The summed E-state index contributed by atoms with van der Waals surface area (Å²) in [5.41, 5.74) is 0.210. The van der Waals surface area contributed by atoms with Gasteiger partial charge in [-0.2, -0.15) is 0 Å². The summed E-state index contributed by atoms with van der Waals surface area (Å²) in [5, 5.41) is 20.9. The normalized spacial score (nSPS) is 60.0. The highest BCUT2D eigenvalue weighted by atomic mass is 16.3.